The lowest BCUT2D eigenvalue weighted by Crippen LogP contribution is -2.35. The van der Waals surface area contributed by atoms with E-state index in [1.165, 1.54) is 0 Å². The van der Waals surface area contributed by atoms with Crippen LogP contribution in [-0.4, -0.2) is 43.6 Å². The van der Waals surface area contributed by atoms with Crippen molar-refractivity contribution in [2.45, 2.75) is 6.92 Å². The molecule has 0 aliphatic heterocycles. The van der Waals surface area contributed by atoms with E-state index in [-0.39, 0.29) is 17.6 Å². The van der Waals surface area contributed by atoms with Crippen LogP contribution in [0.25, 0.3) is 0 Å². The number of aromatic nitrogens is 2. The second-order valence-corrected chi connectivity index (χ2v) is 4.01. The molecule has 0 aromatic carbocycles. The lowest BCUT2D eigenvalue weighted by molar-refractivity contribution is -0.123. The van der Waals surface area contributed by atoms with Gasteiger partial charge in [-0.15, -0.1) is 0 Å². The first-order valence-electron chi connectivity index (χ1n) is 5.62. The van der Waals surface area contributed by atoms with E-state index in [4.69, 9.17) is 0 Å². The Morgan fingerprint density at radius 2 is 2.22 bits per heavy atom. The predicted octanol–water partition coefficient (Wildman–Crippen LogP) is 0.476. The molecule has 0 radical (unpaired) electrons. The summed E-state index contributed by atoms with van der Waals surface area (Å²) in [4.78, 5) is 20.8. The van der Waals surface area contributed by atoms with Gasteiger partial charge in [0.05, 0.1) is 12.1 Å². The second kappa shape index (κ2) is 6.13. The summed E-state index contributed by atoms with van der Waals surface area (Å²) in [5, 5.41) is 5.30. The average Bonchev–Trinajstić information content (AvgIpc) is 2.38. The largest absolute Gasteiger partial charge is 0.359 e. The fraction of sp³-hybridized carbons (Fsp3) is 0.545. The zero-order valence-electron chi connectivity index (χ0n) is 11.0. The number of anilines is 2. The molecule has 7 heteroatoms. The number of hydrogen-bond acceptors (Lipinski definition) is 5. The molecule has 1 amide bonds. The van der Waals surface area contributed by atoms with Crippen LogP contribution in [0.15, 0.2) is 6.20 Å². The van der Waals surface area contributed by atoms with Crippen LogP contribution in [0, 0.1) is 11.7 Å². The maximum Gasteiger partial charge on any atom is 0.224 e. The highest BCUT2D eigenvalue weighted by Gasteiger charge is 2.17. The van der Waals surface area contributed by atoms with E-state index in [1.807, 2.05) is 0 Å². The highest BCUT2D eigenvalue weighted by molar-refractivity contribution is 5.78. The summed E-state index contributed by atoms with van der Waals surface area (Å²) in [5.74, 6) is -0.353. The summed E-state index contributed by atoms with van der Waals surface area (Å²) >= 11 is 0. The zero-order chi connectivity index (χ0) is 13.7. The summed E-state index contributed by atoms with van der Waals surface area (Å²) in [7, 11) is 4.91. The van der Waals surface area contributed by atoms with E-state index in [0.717, 1.165) is 6.20 Å². The Kier molecular flexibility index (Phi) is 4.82. The first-order chi connectivity index (χ1) is 8.49. The first kappa shape index (κ1) is 14.1. The van der Waals surface area contributed by atoms with E-state index < -0.39 is 5.82 Å². The van der Waals surface area contributed by atoms with Crippen LogP contribution in [0.1, 0.15) is 6.92 Å². The van der Waals surface area contributed by atoms with Crippen LogP contribution in [-0.2, 0) is 4.79 Å². The van der Waals surface area contributed by atoms with Crippen molar-refractivity contribution in [2.75, 3.05) is 37.9 Å². The van der Waals surface area contributed by atoms with Gasteiger partial charge in [0.1, 0.15) is 0 Å². The second-order valence-electron chi connectivity index (χ2n) is 4.01. The topological polar surface area (TPSA) is 70.2 Å². The number of carbonyl (C=O) groups excluding carboxylic acids is 1. The molecule has 0 spiro atoms. The van der Waals surface area contributed by atoms with Crippen LogP contribution < -0.4 is 15.5 Å². The molecule has 100 valence electrons. The third-order valence-electron chi connectivity index (χ3n) is 2.55. The number of carbonyl (C=O) groups is 1. The van der Waals surface area contributed by atoms with Crippen molar-refractivity contribution in [1.82, 2.24) is 15.3 Å². The van der Waals surface area contributed by atoms with Gasteiger partial charge in [-0.3, -0.25) is 4.79 Å². The average molecular weight is 255 g/mol. The highest BCUT2D eigenvalue weighted by Crippen LogP contribution is 2.16. The number of nitrogens with zero attached hydrogens (tertiary/aromatic N) is 3. The first-order valence-corrected chi connectivity index (χ1v) is 5.62. The van der Waals surface area contributed by atoms with Crippen molar-refractivity contribution < 1.29 is 9.18 Å². The van der Waals surface area contributed by atoms with Crippen LogP contribution >= 0.6 is 0 Å². The number of hydrogen-bond donors (Lipinski definition) is 2. The Bertz CT molecular complexity index is 426. The molecular weight excluding hydrogens is 237 g/mol. The third-order valence-corrected chi connectivity index (χ3v) is 2.55. The van der Waals surface area contributed by atoms with E-state index in [2.05, 4.69) is 20.6 Å². The zero-order valence-corrected chi connectivity index (χ0v) is 11.0. The van der Waals surface area contributed by atoms with Gasteiger partial charge in [-0.25, -0.2) is 9.37 Å². The van der Waals surface area contributed by atoms with Crippen LogP contribution in [0.4, 0.5) is 16.2 Å². The number of nitrogens with one attached hydrogen (secondary N) is 2. The Labute approximate surface area is 106 Å². The van der Waals surface area contributed by atoms with Gasteiger partial charge in [0.2, 0.25) is 11.9 Å². The Morgan fingerprint density at radius 3 is 2.78 bits per heavy atom. The summed E-state index contributed by atoms with van der Waals surface area (Å²) in [6, 6.07) is 0. The molecule has 1 heterocycles. The molecule has 1 rings (SSSR count). The Morgan fingerprint density at radius 1 is 1.56 bits per heavy atom. The summed E-state index contributed by atoms with van der Waals surface area (Å²) in [6.45, 7) is 2.14. The van der Waals surface area contributed by atoms with E-state index in [1.54, 1.807) is 33.0 Å². The van der Waals surface area contributed by atoms with Gasteiger partial charge in [0.25, 0.3) is 0 Å². The third kappa shape index (κ3) is 3.28. The van der Waals surface area contributed by atoms with Crippen molar-refractivity contribution >= 4 is 17.7 Å². The Balaban J connectivity index is 2.83. The van der Waals surface area contributed by atoms with E-state index >= 15 is 0 Å². The highest BCUT2D eigenvalue weighted by atomic mass is 19.1. The smallest absolute Gasteiger partial charge is 0.224 e. The van der Waals surface area contributed by atoms with E-state index in [9.17, 15) is 9.18 Å². The molecule has 0 aliphatic rings. The predicted molar refractivity (Wildman–Crippen MR) is 68.0 cm³/mol. The molecule has 1 aromatic rings. The quantitative estimate of drug-likeness (QED) is 0.800. The minimum Gasteiger partial charge on any atom is -0.359 e. The maximum atomic E-state index is 13.6. The van der Waals surface area contributed by atoms with Crippen molar-refractivity contribution in [3.8, 4) is 0 Å². The standard InChI is InChI=1S/C11H18FN5O/c1-7(10(18)13-2)6-17(4)9-8(12)5-15-11(14-3)16-9/h5,7H,6H2,1-4H3,(H,13,18)(H,14,15,16). The summed E-state index contributed by atoms with van der Waals surface area (Å²) in [5.41, 5.74) is 0. The van der Waals surface area contributed by atoms with Gasteiger partial charge in [-0.05, 0) is 0 Å². The van der Waals surface area contributed by atoms with Gasteiger partial charge in [0.15, 0.2) is 11.6 Å². The number of halogens is 1. The van der Waals surface area contributed by atoms with Crippen LogP contribution in [0.2, 0.25) is 0 Å². The molecule has 0 saturated heterocycles. The van der Waals surface area contributed by atoms with Gasteiger partial charge in [-0.1, -0.05) is 6.92 Å². The Hall–Kier alpha value is -1.92. The maximum absolute atomic E-state index is 13.6. The normalized spacial score (nSPS) is 11.8. The van der Waals surface area contributed by atoms with Gasteiger partial charge < -0.3 is 15.5 Å². The number of rotatable bonds is 5. The van der Waals surface area contributed by atoms with Gasteiger partial charge >= 0.3 is 0 Å². The van der Waals surface area contributed by atoms with Crippen molar-refractivity contribution in [3.05, 3.63) is 12.0 Å². The minimum atomic E-state index is -0.513. The van der Waals surface area contributed by atoms with Crippen LogP contribution in [0.5, 0.6) is 0 Å². The van der Waals surface area contributed by atoms with Crippen molar-refractivity contribution in [2.24, 2.45) is 5.92 Å². The molecule has 0 aliphatic carbocycles. The lowest BCUT2D eigenvalue weighted by atomic mass is 10.1. The molecule has 1 unspecified atom stereocenters. The van der Waals surface area contributed by atoms with Crippen molar-refractivity contribution in [1.29, 1.82) is 0 Å². The molecule has 1 atom stereocenters. The van der Waals surface area contributed by atoms with Crippen molar-refractivity contribution in [3.63, 3.8) is 0 Å². The number of amides is 1. The molecule has 2 N–H and O–H groups in total. The molecule has 6 nitrogen and oxygen atoms in total. The monoisotopic (exact) mass is 255 g/mol. The summed E-state index contributed by atoms with van der Waals surface area (Å²) < 4.78 is 13.6. The SMILES string of the molecule is CNC(=O)C(C)CN(C)c1nc(NC)ncc1F. The van der Waals surface area contributed by atoms with E-state index in [0.29, 0.717) is 12.5 Å². The fourth-order valence-corrected chi connectivity index (χ4v) is 1.57. The molecule has 0 fully saturated rings. The molecule has 0 bridgehead atoms. The summed E-state index contributed by atoms with van der Waals surface area (Å²) in [6.07, 6.45) is 1.11. The van der Waals surface area contributed by atoms with Gasteiger partial charge in [0, 0.05) is 27.7 Å². The van der Waals surface area contributed by atoms with Crippen LogP contribution in [0.3, 0.4) is 0 Å². The molecule has 0 saturated carbocycles. The molecular formula is C11H18FN5O. The lowest BCUT2D eigenvalue weighted by Gasteiger charge is -2.22. The molecule has 1 aromatic heterocycles. The van der Waals surface area contributed by atoms with Gasteiger partial charge in [-0.2, -0.15) is 4.98 Å². The molecule has 18 heavy (non-hydrogen) atoms. The fourth-order valence-electron chi connectivity index (χ4n) is 1.57. The minimum absolute atomic E-state index is 0.0924.